The molecule has 1 unspecified atom stereocenters. The molecule has 0 aliphatic heterocycles. The maximum Gasteiger partial charge on any atom is 0.408 e. The number of aliphatic hydroxyl groups excluding tert-OH is 1. The summed E-state index contributed by atoms with van der Waals surface area (Å²) in [6, 6.07) is -0.800. The van der Waals surface area contributed by atoms with E-state index in [4.69, 9.17) is 4.74 Å². The number of methoxy groups -OCH3 is 1. The number of rotatable bonds is 4. The topological polar surface area (TPSA) is 84.9 Å². The first kappa shape index (κ1) is 16.5. The molecule has 1 rings (SSSR count). The van der Waals surface area contributed by atoms with Crippen LogP contribution < -0.4 is 5.32 Å². The number of nitrogens with one attached hydrogen (secondary N) is 1. The van der Waals surface area contributed by atoms with Crippen molar-refractivity contribution in [2.24, 2.45) is 0 Å². The number of esters is 1. The standard InChI is InChI=1S/C14H23NO5/c1-14(2,3)20-13(18)15-11(12(17)19-4)8-9-5-6-10(16)7-9/h7,10-11,16H,5-6,8H2,1-4H3,(H,15,18)/t10?,11-/m0/s1. The molecule has 0 aromatic rings. The minimum absolute atomic E-state index is 0.322. The number of hydrogen-bond donors (Lipinski definition) is 2. The first-order valence-electron chi connectivity index (χ1n) is 6.66. The van der Waals surface area contributed by atoms with Gasteiger partial charge in [-0.2, -0.15) is 0 Å². The van der Waals surface area contributed by atoms with Crippen LogP contribution in [0.25, 0.3) is 0 Å². The largest absolute Gasteiger partial charge is 0.467 e. The van der Waals surface area contributed by atoms with Crippen molar-refractivity contribution in [3.8, 4) is 0 Å². The van der Waals surface area contributed by atoms with Crippen LogP contribution >= 0.6 is 0 Å². The Hall–Kier alpha value is -1.56. The fourth-order valence-corrected chi connectivity index (χ4v) is 1.99. The van der Waals surface area contributed by atoms with Gasteiger partial charge in [-0.05, 0) is 40.0 Å². The van der Waals surface area contributed by atoms with Gasteiger partial charge < -0.3 is 19.9 Å². The molecule has 0 fully saturated rings. The van der Waals surface area contributed by atoms with E-state index in [1.54, 1.807) is 26.8 Å². The van der Waals surface area contributed by atoms with Crippen molar-refractivity contribution in [3.63, 3.8) is 0 Å². The lowest BCUT2D eigenvalue weighted by molar-refractivity contribution is -0.143. The molecule has 1 aliphatic rings. The van der Waals surface area contributed by atoms with Gasteiger partial charge in [0, 0.05) is 0 Å². The summed E-state index contributed by atoms with van der Waals surface area (Å²) in [5.41, 5.74) is 0.303. The smallest absolute Gasteiger partial charge is 0.408 e. The average Bonchev–Trinajstić information content (AvgIpc) is 2.70. The molecule has 6 heteroatoms. The second-order valence-electron chi connectivity index (χ2n) is 5.86. The van der Waals surface area contributed by atoms with Crippen molar-refractivity contribution in [2.75, 3.05) is 7.11 Å². The first-order valence-corrected chi connectivity index (χ1v) is 6.66. The zero-order chi connectivity index (χ0) is 15.3. The van der Waals surface area contributed by atoms with Crippen LogP contribution in [0.1, 0.15) is 40.0 Å². The molecule has 0 bridgehead atoms. The number of alkyl carbamates (subject to hydrolysis) is 1. The third kappa shape index (κ3) is 5.61. The molecule has 20 heavy (non-hydrogen) atoms. The Kier molecular flexibility index (Phi) is 5.56. The van der Waals surface area contributed by atoms with E-state index in [0.29, 0.717) is 19.3 Å². The third-order valence-electron chi connectivity index (χ3n) is 2.83. The Labute approximate surface area is 119 Å². The maximum atomic E-state index is 11.7. The summed E-state index contributed by atoms with van der Waals surface area (Å²) in [6.07, 6.45) is 2.27. The molecule has 1 aliphatic carbocycles. The molecule has 2 N–H and O–H groups in total. The normalized spacial score (nSPS) is 20.1. The summed E-state index contributed by atoms with van der Waals surface area (Å²) in [7, 11) is 1.27. The molecule has 0 radical (unpaired) electrons. The number of carbonyl (C=O) groups excluding carboxylic acids is 2. The fraction of sp³-hybridized carbons (Fsp3) is 0.714. The van der Waals surface area contributed by atoms with Gasteiger partial charge in [0.2, 0.25) is 0 Å². The van der Waals surface area contributed by atoms with Crippen LogP contribution in [0.4, 0.5) is 4.79 Å². The number of ether oxygens (including phenoxy) is 2. The molecule has 0 saturated carbocycles. The van der Waals surface area contributed by atoms with Crippen molar-refractivity contribution in [1.82, 2.24) is 5.32 Å². The van der Waals surface area contributed by atoms with E-state index in [1.165, 1.54) is 7.11 Å². The summed E-state index contributed by atoms with van der Waals surface area (Å²) in [4.78, 5) is 23.4. The quantitative estimate of drug-likeness (QED) is 0.604. The SMILES string of the molecule is COC(=O)[C@H](CC1=CC(O)CC1)NC(=O)OC(C)(C)C. The molecule has 0 saturated heterocycles. The zero-order valence-electron chi connectivity index (χ0n) is 12.4. The zero-order valence-corrected chi connectivity index (χ0v) is 12.4. The van der Waals surface area contributed by atoms with Crippen LogP contribution in [-0.4, -0.2) is 42.0 Å². The van der Waals surface area contributed by atoms with Crippen molar-refractivity contribution in [2.45, 2.75) is 57.8 Å². The van der Waals surface area contributed by atoms with Gasteiger partial charge in [-0.15, -0.1) is 0 Å². The fourth-order valence-electron chi connectivity index (χ4n) is 1.99. The Bertz CT molecular complexity index is 397. The molecule has 0 heterocycles. The summed E-state index contributed by atoms with van der Waals surface area (Å²) < 4.78 is 9.80. The Morgan fingerprint density at radius 1 is 1.50 bits per heavy atom. The highest BCUT2D eigenvalue weighted by Gasteiger charge is 2.27. The predicted octanol–water partition coefficient (Wildman–Crippen LogP) is 1.52. The summed E-state index contributed by atoms with van der Waals surface area (Å²) in [6.45, 7) is 5.24. The molecule has 6 nitrogen and oxygen atoms in total. The Morgan fingerprint density at radius 3 is 2.60 bits per heavy atom. The monoisotopic (exact) mass is 285 g/mol. The highest BCUT2D eigenvalue weighted by atomic mass is 16.6. The van der Waals surface area contributed by atoms with E-state index in [1.807, 2.05) is 0 Å². The highest BCUT2D eigenvalue weighted by Crippen LogP contribution is 2.23. The second kappa shape index (κ2) is 6.74. The van der Waals surface area contributed by atoms with E-state index in [9.17, 15) is 14.7 Å². The lowest BCUT2D eigenvalue weighted by atomic mass is 10.1. The van der Waals surface area contributed by atoms with Gasteiger partial charge in [-0.1, -0.05) is 11.6 Å². The molecule has 0 aromatic carbocycles. The van der Waals surface area contributed by atoms with Crippen molar-refractivity contribution in [3.05, 3.63) is 11.6 Å². The van der Waals surface area contributed by atoms with Gasteiger partial charge in [0.15, 0.2) is 0 Å². The van der Waals surface area contributed by atoms with E-state index >= 15 is 0 Å². The van der Waals surface area contributed by atoms with Crippen molar-refractivity contribution in [1.29, 1.82) is 0 Å². The van der Waals surface area contributed by atoms with E-state index in [0.717, 1.165) is 5.57 Å². The van der Waals surface area contributed by atoms with Gasteiger partial charge in [0.25, 0.3) is 0 Å². The number of amides is 1. The summed E-state index contributed by atoms with van der Waals surface area (Å²) in [5.74, 6) is -0.529. The van der Waals surface area contributed by atoms with Gasteiger partial charge in [0.1, 0.15) is 11.6 Å². The third-order valence-corrected chi connectivity index (χ3v) is 2.83. The van der Waals surface area contributed by atoms with Crippen LogP contribution in [0.5, 0.6) is 0 Å². The molecular weight excluding hydrogens is 262 g/mol. The molecule has 0 spiro atoms. The van der Waals surface area contributed by atoms with Crippen LogP contribution in [0.3, 0.4) is 0 Å². The first-order chi connectivity index (χ1) is 9.21. The number of aliphatic hydroxyl groups is 1. The van der Waals surface area contributed by atoms with Crippen molar-refractivity contribution < 1.29 is 24.2 Å². The van der Waals surface area contributed by atoms with E-state index in [-0.39, 0.29) is 0 Å². The minimum Gasteiger partial charge on any atom is -0.467 e. The van der Waals surface area contributed by atoms with Crippen LogP contribution in [0.2, 0.25) is 0 Å². The van der Waals surface area contributed by atoms with Gasteiger partial charge in [-0.25, -0.2) is 9.59 Å². The van der Waals surface area contributed by atoms with E-state index < -0.39 is 29.8 Å². The van der Waals surface area contributed by atoms with Crippen LogP contribution in [0.15, 0.2) is 11.6 Å². The summed E-state index contributed by atoms with van der Waals surface area (Å²) >= 11 is 0. The lowest BCUT2D eigenvalue weighted by Crippen LogP contribution is -2.44. The van der Waals surface area contributed by atoms with E-state index in [2.05, 4.69) is 10.1 Å². The van der Waals surface area contributed by atoms with Crippen molar-refractivity contribution >= 4 is 12.1 Å². The lowest BCUT2D eigenvalue weighted by Gasteiger charge is -2.22. The minimum atomic E-state index is -0.800. The van der Waals surface area contributed by atoms with Gasteiger partial charge in [-0.3, -0.25) is 0 Å². The molecular formula is C14H23NO5. The van der Waals surface area contributed by atoms with Crippen LogP contribution in [0, 0.1) is 0 Å². The summed E-state index contributed by atoms with van der Waals surface area (Å²) in [5, 5.41) is 11.9. The highest BCUT2D eigenvalue weighted by molar-refractivity contribution is 5.81. The molecule has 114 valence electrons. The molecule has 1 amide bonds. The van der Waals surface area contributed by atoms with Crippen LogP contribution in [-0.2, 0) is 14.3 Å². The Balaban J connectivity index is 2.63. The second-order valence-corrected chi connectivity index (χ2v) is 5.86. The number of hydrogen-bond acceptors (Lipinski definition) is 5. The number of carbonyl (C=O) groups is 2. The maximum absolute atomic E-state index is 11.7. The van der Waals surface area contributed by atoms with Gasteiger partial charge >= 0.3 is 12.1 Å². The van der Waals surface area contributed by atoms with Gasteiger partial charge in [0.05, 0.1) is 13.2 Å². The Morgan fingerprint density at radius 2 is 2.15 bits per heavy atom. The predicted molar refractivity (Wildman–Crippen MR) is 73.1 cm³/mol. The molecule has 0 aromatic heterocycles. The average molecular weight is 285 g/mol. The molecule has 2 atom stereocenters.